The molecule has 1 aromatic heterocycles. The Morgan fingerprint density at radius 1 is 1.59 bits per heavy atom. The Balaban J connectivity index is 2.18. The standard InChI is InChI=1S/C12H22N2OS2/c1-3-6-14-12(2,10-15)5-4-8-16-11-13-7-9-17-11/h7,9,14-15H,3-6,8,10H2,1-2H3. The van der Waals surface area contributed by atoms with E-state index in [0.717, 1.165) is 35.9 Å². The van der Waals surface area contributed by atoms with Crippen LogP contribution in [0.25, 0.3) is 0 Å². The van der Waals surface area contributed by atoms with Crippen molar-refractivity contribution in [3.63, 3.8) is 0 Å². The summed E-state index contributed by atoms with van der Waals surface area (Å²) in [6, 6.07) is 0. The number of aliphatic hydroxyl groups excluding tert-OH is 1. The molecule has 0 aliphatic heterocycles. The van der Waals surface area contributed by atoms with Gasteiger partial charge in [0.25, 0.3) is 0 Å². The molecule has 0 amide bonds. The van der Waals surface area contributed by atoms with Gasteiger partial charge in [-0.1, -0.05) is 18.7 Å². The van der Waals surface area contributed by atoms with Crippen LogP contribution in [-0.4, -0.2) is 34.5 Å². The van der Waals surface area contributed by atoms with Crippen molar-refractivity contribution in [3.8, 4) is 0 Å². The van der Waals surface area contributed by atoms with Gasteiger partial charge < -0.3 is 10.4 Å². The summed E-state index contributed by atoms with van der Waals surface area (Å²) in [6.45, 7) is 5.41. The van der Waals surface area contributed by atoms with Crippen LogP contribution in [0.2, 0.25) is 0 Å². The molecule has 0 spiro atoms. The lowest BCUT2D eigenvalue weighted by Crippen LogP contribution is -2.46. The molecule has 1 heterocycles. The van der Waals surface area contributed by atoms with Gasteiger partial charge in [0.1, 0.15) is 4.34 Å². The quantitative estimate of drug-likeness (QED) is 0.537. The fourth-order valence-electron chi connectivity index (χ4n) is 1.55. The first-order chi connectivity index (χ1) is 8.20. The van der Waals surface area contributed by atoms with E-state index in [2.05, 4.69) is 24.1 Å². The lowest BCUT2D eigenvalue weighted by Gasteiger charge is -2.28. The topological polar surface area (TPSA) is 45.1 Å². The molecular formula is C12H22N2OS2. The van der Waals surface area contributed by atoms with Gasteiger partial charge in [0.2, 0.25) is 0 Å². The summed E-state index contributed by atoms with van der Waals surface area (Å²) in [4.78, 5) is 4.24. The monoisotopic (exact) mass is 274 g/mol. The van der Waals surface area contributed by atoms with Crippen molar-refractivity contribution in [1.82, 2.24) is 10.3 Å². The summed E-state index contributed by atoms with van der Waals surface area (Å²) in [7, 11) is 0. The molecule has 0 saturated carbocycles. The summed E-state index contributed by atoms with van der Waals surface area (Å²) in [6.07, 6.45) is 5.04. The zero-order valence-electron chi connectivity index (χ0n) is 10.6. The maximum absolute atomic E-state index is 9.42. The summed E-state index contributed by atoms with van der Waals surface area (Å²) >= 11 is 3.49. The fourth-order valence-corrected chi connectivity index (χ4v) is 3.20. The van der Waals surface area contributed by atoms with Crippen LogP contribution in [-0.2, 0) is 0 Å². The molecule has 3 nitrogen and oxygen atoms in total. The number of nitrogens with one attached hydrogen (secondary N) is 1. The number of rotatable bonds is 9. The maximum atomic E-state index is 9.42. The summed E-state index contributed by atoms with van der Waals surface area (Å²) in [5, 5.41) is 14.8. The third-order valence-corrected chi connectivity index (χ3v) is 4.71. The molecule has 17 heavy (non-hydrogen) atoms. The Bertz CT molecular complexity index is 293. The van der Waals surface area contributed by atoms with Crippen molar-refractivity contribution in [2.24, 2.45) is 0 Å². The first kappa shape index (κ1) is 15.0. The number of thioether (sulfide) groups is 1. The Morgan fingerprint density at radius 3 is 3.00 bits per heavy atom. The number of aliphatic hydroxyl groups is 1. The first-order valence-electron chi connectivity index (χ1n) is 6.08. The van der Waals surface area contributed by atoms with Gasteiger partial charge >= 0.3 is 0 Å². The lowest BCUT2D eigenvalue weighted by molar-refractivity contribution is 0.165. The molecule has 0 aliphatic carbocycles. The number of thiazole rings is 1. The van der Waals surface area contributed by atoms with Gasteiger partial charge in [-0.2, -0.15) is 0 Å². The van der Waals surface area contributed by atoms with E-state index in [9.17, 15) is 5.11 Å². The highest BCUT2D eigenvalue weighted by Gasteiger charge is 2.21. The van der Waals surface area contributed by atoms with Crippen LogP contribution in [0.15, 0.2) is 15.9 Å². The number of hydrogen-bond donors (Lipinski definition) is 2. The van der Waals surface area contributed by atoms with E-state index >= 15 is 0 Å². The van der Waals surface area contributed by atoms with Crippen LogP contribution in [0.5, 0.6) is 0 Å². The Morgan fingerprint density at radius 2 is 2.41 bits per heavy atom. The van der Waals surface area contributed by atoms with E-state index in [-0.39, 0.29) is 12.1 Å². The largest absolute Gasteiger partial charge is 0.394 e. The molecule has 1 unspecified atom stereocenters. The number of aromatic nitrogens is 1. The molecule has 2 N–H and O–H groups in total. The van der Waals surface area contributed by atoms with E-state index in [1.54, 1.807) is 23.1 Å². The second kappa shape index (κ2) is 8.08. The van der Waals surface area contributed by atoms with Crippen LogP contribution in [0, 0.1) is 0 Å². The van der Waals surface area contributed by atoms with Gasteiger partial charge in [-0.15, -0.1) is 11.3 Å². The molecule has 5 heteroatoms. The average molecular weight is 274 g/mol. The molecule has 0 aliphatic rings. The first-order valence-corrected chi connectivity index (χ1v) is 7.95. The van der Waals surface area contributed by atoms with Crippen molar-refractivity contribution in [1.29, 1.82) is 0 Å². The van der Waals surface area contributed by atoms with E-state index in [0.29, 0.717) is 0 Å². The Labute approximate surface area is 112 Å². The zero-order valence-corrected chi connectivity index (χ0v) is 12.2. The lowest BCUT2D eigenvalue weighted by atomic mass is 9.97. The SMILES string of the molecule is CCCNC(C)(CO)CCCSc1nccs1. The predicted octanol–water partition coefficient (Wildman–Crippen LogP) is 2.77. The third kappa shape index (κ3) is 5.86. The molecule has 98 valence electrons. The zero-order chi connectivity index (χ0) is 12.6. The van der Waals surface area contributed by atoms with E-state index in [4.69, 9.17) is 0 Å². The molecule has 1 atom stereocenters. The molecule has 1 rings (SSSR count). The van der Waals surface area contributed by atoms with Crippen LogP contribution in [0.1, 0.15) is 33.1 Å². The summed E-state index contributed by atoms with van der Waals surface area (Å²) < 4.78 is 1.14. The van der Waals surface area contributed by atoms with Crippen molar-refractivity contribution in [2.45, 2.75) is 43.0 Å². The van der Waals surface area contributed by atoms with Gasteiger partial charge in [-0.05, 0) is 32.7 Å². The third-order valence-electron chi connectivity index (χ3n) is 2.66. The second-order valence-electron chi connectivity index (χ2n) is 4.40. The minimum atomic E-state index is -0.126. The highest BCUT2D eigenvalue weighted by molar-refractivity contribution is 8.00. The Hall–Kier alpha value is -0.100. The minimum Gasteiger partial charge on any atom is -0.394 e. The van der Waals surface area contributed by atoms with Gasteiger partial charge in [-0.3, -0.25) is 0 Å². The average Bonchev–Trinajstić information content (AvgIpc) is 2.85. The van der Waals surface area contributed by atoms with Gasteiger partial charge in [0.05, 0.1) is 6.61 Å². The van der Waals surface area contributed by atoms with Crippen molar-refractivity contribution in [3.05, 3.63) is 11.6 Å². The van der Waals surface area contributed by atoms with Crippen LogP contribution >= 0.6 is 23.1 Å². The van der Waals surface area contributed by atoms with Gasteiger partial charge in [0, 0.05) is 22.9 Å². The van der Waals surface area contributed by atoms with E-state index < -0.39 is 0 Å². The number of hydrogen-bond acceptors (Lipinski definition) is 5. The van der Waals surface area contributed by atoms with Crippen LogP contribution in [0.4, 0.5) is 0 Å². The van der Waals surface area contributed by atoms with E-state index in [1.807, 2.05) is 11.6 Å². The highest BCUT2D eigenvalue weighted by Crippen LogP contribution is 2.23. The highest BCUT2D eigenvalue weighted by atomic mass is 32.2. The normalized spacial score (nSPS) is 14.8. The molecule has 0 radical (unpaired) electrons. The smallest absolute Gasteiger partial charge is 0.149 e. The Kier molecular flexibility index (Phi) is 7.11. The van der Waals surface area contributed by atoms with Crippen molar-refractivity contribution < 1.29 is 5.11 Å². The van der Waals surface area contributed by atoms with Crippen LogP contribution in [0.3, 0.4) is 0 Å². The molecule has 0 bridgehead atoms. The molecule has 1 aromatic rings. The maximum Gasteiger partial charge on any atom is 0.149 e. The fraction of sp³-hybridized carbons (Fsp3) is 0.750. The molecule has 0 saturated heterocycles. The van der Waals surface area contributed by atoms with Crippen LogP contribution < -0.4 is 5.32 Å². The summed E-state index contributed by atoms with van der Waals surface area (Å²) in [5.41, 5.74) is -0.126. The van der Waals surface area contributed by atoms with Crippen molar-refractivity contribution in [2.75, 3.05) is 18.9 Å². The minimum absolute atomic E-state index is 0.126. The molecule has 0 aromatic carbocycles. The van der Waals surface area contributed by atoms with Gasteiger partial charge in [0.15, 0.2) is 0 Å². The van der Waals surface area contributed by atoms with E-state index in [1.165, 1.54) is 0 Å². The molecule has 0 fully saturated rings. The van der Waals surface area contributed by atoms with Gasteiger partial charge in [-0.25, -0.2) is 4.98 Å². The second-order valence-corrected chi connectivity index (χ2v) is 6.63. The van der Waals surface area contributed by atoms with Crippen molar-refractivity contribution >= 4 is 23.1 Å². The number of nitrogens with zero attached hydrogens (tertiary/aromatic N) is 1. The molecular weight excluding hydrogens is 252 g/mol. The predicted molar refractivity (Wildman–Crippen MR) is 75.9 cm³/mol. The summed E-state index contributed by atoms with van der Waals surface area (Å²) in [5.74, 6) is 1.07.